The molecule has 0 saturated carbocycles. The minimum atomic E-state index is -4.26. The van der Waals surface area contributed by atoms with E-state index < -0.39 is 40.3 Å². The number of methoxy groups -OCH3 is 1. The number of sulfonamides is 1. The number of fused-ring (bicyclic) bond motifs is 1. The van der Waals surface area contributed by atoms with Gasteiger partial charge in [0, 0.05) is 6.42 Å². The van der Waals surface area contributed by atoms with Crippen molar-refractivity contribution in [2.24, 2.45) is 17.1 Å². The third-order valence-corrected chi connectivity index (χ3v) is 9.59. The minimum absolute atomic E-state index is 0.0485. The SMILES string of the molecule is COc1ccc(S(=O)(=O)N[C@](Cc2ccccc2)(NC(=O)O[C@H]2CO[C@H]3OCC[C@H]32)[C@H](O)CCC(C)(C)CCN)cc1. The zero-order valence-electron chi connectivity index (χ0n) is 24.5. The van der Waals surface area contributed by atoms with Gasteiger partial charge in [-0.25, -0.2) is 13.2 Å². The Labute approximate surface area is 248 Å². The average molecular weight is 606 g/mol. The molecule has 2 heterocycles. The van der Waals surface area contributed by atoms with E-state index in [9.17, 15) is 18.3 Å². The predicted octanol–water partition coefficient (Wildman–Crippen LogP) is 2.92. The van der Waals surface area contributed by atoms with Crippen LogP contribution >= 0.6 is 0 Å². The van der Waals surface area contributed by atoms with Crippen LogP contribution in [0.4, 0.5) is 4.79 Å². The monoisotopic (exact) mass is 605 g/mol. The summed E-state index contributed by atoms with van der Waals surface area (Å²) in [6.45, 7) is 5.22. The van der Waals surface area contributed by atoms with E-state index in [0.29, 0.717) is 43.7 Å². The van der Waals surface area contributed by atoms with Crippen LogP contribution in [0.2, 0.25) is 0 Å². The summed E-state index contributed by atoms with van der Waals surface area (Å²) in [6, 6.07) is 14.9. The van der Waals surface area contributed by atoms with Crippen LogP contribution < -0.4 is 20.5 Å². The molecule has 0 aromatic heterocycles. The molecule has 5 N–H and O–H groups in total. The fourth-order valence-corrected chi connectivity index (χ4v) is 6.88. The molecule has 0 bridgehead atoms. The third-order valence-electron chi connectivity index (χ3n) is 8.07. The molecule has 1 amide bonds. The molecule has 232 valence electrons. The van der Waals surface area contributed by atoms with E-state index in [2.05, 4.69) is 10.0 Å². The van der Waals surface area contributed by atoms with E-state index in [4.69, 9.17) is 24.7 Å². The molecule has 42 heavy (non-hydrogen) atoms. The van der Waals surface area contributed by atoms with Crippen LogP contribution in [0, 0.1) is 11.3 Å². The average Bonchev–Trinajstić information content (AvgIpc) is 3.57. The van der Waals surface area contributed by atoms with Gasteiger partial charge >= 0.3 is 6.09 Å². The number of aliphatic hydroxyl groups is 1. The molecule has 2 aromatic rings. The molecule has 2 fully saturated rings. The molecule has 5 atom stereocenters. The van der Waals surface area contributed by atoms with Gasteiger partial charge in [0.1, 0.15) is 17.5 Å². The van der Waals surface area contributed by atoms with E-state index in [0.717, 1.165) is 0 Å². The van der Waals surface area contributed by atoms with Gasteiger partial charge in [-0.15, -0.1) is 0 Å². The molecule has 2 saturated heterocycles. The molecule has 0 spiro atoms. The largest absolute Gasteiger partial charge is 0.497 e. The van der Waals surface area contributed by atoms with Crippen molar-refractivity contribution in [2.75, 3.05) is 26.9 Å². The van der Waals surface area contributed by atoms with Gasteiger partial charge in [0.15, 0.2) is 6.29 Å². The lowest BCUT2D eigenvalue weighted by molar-refractivity contribution is -0.0907. The third kappa shape index (κ3) is 8.00. The van der Waals surface area contributed by atoms with Gasteiger partial charge in [0.05, 0.1) is 37.2 Å². The summed E-state index contributed by atoms with van der Waals surface area (Å²) in [7, 11) is -2.77. The number of benzene rings is 2. The topological polar surface area (TPSA) is 158 Å². The molecule has 11 nitrogen and oxygen atoms in total. The quantitative estimate of drug-likeness (QED) is 0.238. The van der Waals surface area contributed by atoms with E-state index in [1.54, 1.807) is 12.1 Å². The van der Waals surface area contributed by atoms with Crippen LogP contribution in [0.3, 0.4) is 0 Å². The normalized spacial score (nSPS) is 22.6. The number of aliphatic hydroxyl groups excluding tert-OH is 1. The molecular weight excluding hydrogens is 562 g/mol. The lowest BCUT2D eigenvalue weighted by Crippen LogP contribution is -2.68. The highest BCUT2D eigenvalue weighted by atomic mass is 32.2. The van der Waals surface area contributed by atoms with Crippen LogP contribution in [0.25, 0.3) is 0 Å². The second-order valence-electron chi connectivity index (χ2n) is 11.8. The summed E-state index contributed by atoms with van der Waals surface area (Å²) in [5, 5.41) is 14.6. The maximum absolute atomic E-state index is 13.8. The molecule has 0 aliphatic carbocycles. The Bertz CT molecular complexity index is 1280. The zero-order valence-corrected chi connectivity index (χ0v) is 25.3. The number of carbonyl (C=O) groups is 1. The van der Waals surface area contributed by atoms with Gasteiger partial charge in [0.2, 0.25) is 10.0 Å². The Balaban J connectivity index is 1.68. The van der Waals surface area contributed by atoms with Crippen molar-refractivity contribution in [3.05, 3.63) is 60.2 Å². The van der Waals surface area contributed by atoms with E-state index in [1.165, 1.54) is 31.4 Å². The second-order valence-corrected chi connectivity index (χ2v) is 13.4. The Hall–Kier alpha value is -2.74. The number of alkyl carbamates (subject to hydrolysis) is 1. The van der Waals surface area contributed by atoms with Crippen LogP contribution in [-0.4, -0.2) is 70.6 Å². The molecule has 0 radical (unpaired) electrons. The van der Waals surface area contributed by atoms with Crippen molar-refractivity contribution < 1.29 is 37.3 Å². The van der Waals surface area contributed by atoms with Crippen molar-refractivity contribution in [3.63, 3.8) is 0 Å². The maximum Gasteiger partial charge on any atom is 0.409 e. The van der Waals surface area contributed by atoms with Gasteiger partial charge < -0.3 is 29.8 Å². The molecule has 2 aromatic carbocycles. The van der Waals surface area contributed by atoms with Gasteiger partial charge in [-0.3, -0.25) is 5.32 Å². The number of rotatable bonds is 14. The number of hydrogen-bond acceptors (Lipinski definition) is 9. The molecule has 0 unspecified atom stereocenters. The first-order valence-electron chi connectivity index (χ1n) is 14.3. The van der Waals surface area contributed by atoms with Crippen molar-refractivity contribution in [2.45, 2.75) is 75.0 Å². The molecule has 4 rings (SSSR count). The van der Waals surface area contributed by atoms with E-state index in [-0.39, 0.29) is 35.7 Å². The lowest BCUT2D eigenvalue weighted by atomic mass is 9.81. The Morgan fingerprint density at radius 1 is 1.12 bits per heavy atom. The molecule has 2 aliphatic rings. The number of nitrogens with one attached hydrogen (secondary N) is 2. The van der Waals surface area contributed by atoms with Crippen molar-refractivity contribution >= 4 is 16.1 Å². The highest BCUT2D eigenvalue weighted by molar-refractivity contribution is 7.89. The van der Waals surface area contributed by atoms with Gasteiger partial charge in [-0.1, -0.05) is 44.2 Å². The smallest absolute Gasteiger partial charge is 0.409 e. The van der Waals surface area contributed by atoms with Gasteiger partial charge in [0.25, 0.3) is 0 Å². The summed E-state index contributed by atoms with van der Waals surface area (Å²) in [4.78, 5) is 13.4. The maximum atomic E-state index is 13.8. The fraction of sp³-hybridized carbons (Fsp3) is 0.567. The van der Waals surface area contributed by atoms with Crippen LogP contribution in [0.1, 0.15) is 45.1 Å². The Morgan fingerprint density at radius 3 is 2.50 bits per heavy atom. The van der Waals surface area contributed by atoms with Gasteiger partial charge in [-0.2, -0.15) is 4.72 Å². The molecular formula is C30H43N3O8S. The second kappa shape index (κ2) is 13.7. The van der Waals surface area contributed by atoms with Crippen molar-refractivity contribution in [3.8, 4) is 5.75 Å². The van der Waals surface area contributed by atoms with Crippen LogP contribution in [-0.2, 0) is 30.7 Å². The number of carbonyl (C=O) groups excluding carboxylic acids is 1. The number of ether oxygens (including phenoxy) is 4. The first-order chi connectivity index (χ1) is 20.0. The first kappa shape index (κ1) is 32.2. The lowest BCUT2D eigenvalue weighted by Gasteiger charge is -2.40. The minimum Gasteiger partial charge on any atom is -0.497 e. The standard InChI is InChI=1S/C30H43N3O8S/c1-29(2,16-17-31)15-13-26(34)30(19-21-7-5-4-6-8-21,33-42(36,37)23-11-9-22(38-3)10-12-23)32-28(35)41-25-20-40-27-24(25)14-18-39-27/h4-12,24-27,33-34H,13-20,31H2,1-3H3,(H,32,35)/t24-,25-,26+,27+,30-/m0/s1. The Kier molecular flexibility index (Phi) is 10.5. The highest BCUT2D eigenvalue weighted by Gasteiger charge is 2.47. The molecule has 2 aliphatic heterocycles. The summed E-state index contributed by atoms with van der Waals surface area (Å²) in [6.07, 6.45) is -1.15. The first-order valence-corrected chi connectivity index (χ1v) is 15.8. The summed E-state index contributed by atoms with van der Waals surface area (Å²) in [5.74, 6) is 0.374. The number of hydrogen-bond donors (Lipinski definition) is 4. The van der Waals surface area contributed by atoms with E-state index in [1.807, 2.05) is 32.0 Å². The van der Waals surface area contributed by atoms with Crippen LogP contribution in [0.5, 0.6) is 5.75 Å². The zero-order chi connectivity index (χ0) is 30.4. The van der Waals surface area contributed by atoms with Crippen LogP contribution in [0.15, 0.2) is 59.5 Å². The fourth-order valence-electron chi connectivity index (χ4n) is 5.53. The molecule has 12 heteroatoms. The highest BCUT2D eigenvalue weighted by Crippen LogP contribution is 2.34. The number of nitrogens with two attached hydrogens (primary N) is 1. The van der Waals surface area contributed by atoms with Gasteiger partial charge in [-0.05, 0) is 67.5 Å². The predicted molar refractivity (Wildman–Crippen MR) is 156 cm³/mol. The summed E-state index contributed by atoms with van der Waals surface area (Å²) < 4.78 is 52.4. The van der Waals surface area contributed by atoms with E-state index >= 15 is 0 Å². The van der Waals surface area contributed by atoms with Crippen molar-refractivity contribution in [1.29, 1.82) is 0 Å². The summed E-state index contributed by atoms with van der Waals surface area (Å²) >= 11 is 0. The van der Waals surface area contributed by atoms with Crippen molar-refractivity contribution in [1.82, 2.24) is 10.0 Å². The summed E-state index contributed by atoms with van der Waals surface area (Å²) in [5.41, 5.74) is 4.42. The number of amides is 1. The Morgan fingerprint density at radius 2 is 1.83 bits per heavy atom.